The van der Waals surface area contributed by atoms with Gasteiger partial charge in [-0.25, -0.2) is 0 Å². The zero-order valence-corrected chi connectivity index (χ0v) is 18.7. The van der Waals surface area contributed by atoms with Gasteiger partial charge in [-0.3, -0.25) is 0 Å². The Morgan fingerprint density at radius 3 is 2.83 bits per heavy atom. The zero-order chi connectivity index (χ0) is 20.6. The summed E-state index contributed by atoms with van der Waals surface area (Å²) in [4.78, 5) is 15.4. The van der Waals surface area contributed by atoms with E-state index in [9.17, 15) is 9.90 Å². The Balaban J connectivity index is 1.97. The smallest absolute Gasteiger partial charge is 0.151 e. The van der Waals surface area contributed by atoms with Crippen LogP contribution in [-0.4, -0.2) is 42.7 Å². The van der Waals surface area contributed by atoms with Crippen LogP contribution in [0.3, 0.4) is 0 Å². The number of fused-ring (bicyclic) bond motifs is 1. The maximum Gasteiger partial charge on any atom is 0.151 e. The van der Waals surface area contributed by atoms with Gasteiger partial charge in [0.2, 0.25) is 0 Å². The number of carbonyl (C=O) groups is 1. The van der Waals surface area contributed by atoms with Crippen molar-refractivity contribution in [2.45, 2.75) is 42.1 Å². The van der Waals surface area contributed by atoms with Crippen LogP contribution in [0.15, 0.2) is 52.3 Å². The van der Waals surface area contributed by atoms with Gasteiger partial charge >= 0.3 is 0 Å². The minimum atomic E-state index is -1.10. The van der Waals surface area contributed by atoms with Crippen molar-refractivity contribution in [1.29, 1.82) is 0 Å². The van der Waals surface area contributed by atoms with Crippen LogP contribution in [0.4, 0.5) is 11.4 Å². The van der Waals surface area contributed by atoms with E-state index in [4.69, 9.17) is 4.74 Å². The number of para-hydroxylation sites is 1. The second-order valence-corrected chi connectivity index (χ2v) is 9.16. The number of nitrogens with zero attached hydrogens (tertiary/aromatic N) is 1. The molecule has 0 saturated carbocycles. The molecule has 29 heavy (non-hydrogen) atoms. The lowest BCUT2D eigenvalue weighted by atomic mass is 10.0. The highest BCUT2D eigenvalue weighted by Crippen LogP contribution is 2.45. The second kappa shape index (κ2) is 11.0. The topological polar surface area (TPSA) is 49.8 Å². The average Bonchev–Trinajstić information content (AvgIpc) is 2.94. The van der Waals surface area contributed by atoms with Crippen LogP contribution in [0.5, 0.6) is 5.75 Å². The molecule has 0 amide bonds. The van der Waals surface area contributed by atoms with Crippen LogP contribution >= 0.6 is 23.5 Å². The van der Waals surface area contributed by atoms with E-state index in [-0.39, 0.29) is 6.61 Å². The number of ether oxygens (including phenoxy) is 1. The molecular weight excluding hydrogens is 402 g/mol. The van der Waals surface area contributed by atoms with E-state index in [1.807, 2.05) is 24.1 Å². The molecule has 0 aromatic heterocycles. The van der Waals surface area contributed by atoms with Gasteiger partial charge in [0.05, 0.1) is 10.6 Å². The van der Waals surface area contributed by atoms with Crippen LogP contribution in [0.2, 0.25) is 0 Å². The fraction of sp³-hybridized carbons (Fsp3) is 0.435. The maximum atomic E-state index is 10.7. The summed E-state index contributed by atoms with van der Waals surface area (Å²) in [5.41, 5.74) is 2.41. The number of unbranched alkanes of at least 4 members (excludes halogenated alkanes) is 1. The Hall–Kier alpha value is -1.63. The molecule has 0 radical (unpaired) electrons. The number of anilines is 2. The first-order chi connectivity index (χ1) is 14.2. The first kappa shape index (κ1) is 22.1. The molecule has 1 aliphatic rings. The zero-order valence-electron chi connectivity index (χ0n) is 17.0. The molecule has 4 nitrogen and oxygen atoms in total. The summed E-state index contributed by atoms with van der Waals surface area (Å²) < 4.78 is 5.79. The number of carbonyl (C=O) groups excluding carboxylic acids is 1. The summed E-state index contributed by atoms with van der Waals surface area (Å²) in [5, 5.41) is 9.56. The van der Waals surface area contributed by atoms with Gasteiger partial charge in [-0.15, -0.1) is 23.5 Å². The summed E-state index contributed by atoms with van der Waals surface area (Å²) in [7, 11) is 0. The minimum absolute atomic E-state index is 0.0258. The minimum Gasteiger partial charge on any atom is -0.489 e. The van der Waals surface area contributed by atoms with E-state index < -0.39 is 6.10 Å². The molecule has 156 valence electrons. The highest BCUT2D eigenvalue weighted by molar-refractivity contribution is 7.99. The monoisotopic (exact) mass is 431 g/mol. The average molecular weight is 432 g/mol. The lowest BCUT2D eigenvalue weighted by molar-refractivity contribution is -0.116. The normalized spacial score (nSPS) is 17.3. The van der Waals surface area contributed by atoms with Crippen molar-refractivity contribution in [2.24, 2.45) is 5.92 Å². The molecular formula is C23H29NO3S2. The molecule has 1 N–H and O–H groups in total. The Kier molecular flexibility index (Phi) is 8.33. The Labute approximate surface area is 182 Å². The van der Waals surface area contributed by atoms with Crippen molar-refractivity contribution in [3.8, 4) is 5.75 Å². The molecule has 2 aromatic carbocycles. The number of aliphatic hydroxyl groups excluding tert-OH is 1. The molecule has 2 aromatic rings. The summed E-state index contributed by atoms with van der Waals surface area (Å²) in [5.74, 6) is 2.42. The predicted molar refractivity (Wildman–Crippen MR) is 123 cm³/mol. The van der Waals surface area contributed by atoms with Crippen LogP contribution in [-0.2, 0) is 4.79 Å². The number of thioether (sulfide) groups is 2. The van der Waals surface area contributed by atoms with Gasteiger partial charge in [-0.05, 0) is 42.9 Å². The maximum absolute atomic E-state index is 10.7. The van der Waals surface area contributed by atoms with E-state index in [0.29, 0.717) is 12.2 Å². The van der Waals surface area contributed by atoms with Crippen LogP contribution in [0.1, 0.15) is 26.2 Å². The van der Waals surface area contributed by atoms with Gasteiger partial charge in [0.1, 0.15) is 18.5 Å². The number of hydrogen-bond donors (Lipinski definition) is 1. The van der Waals surface area contributed by atoms with Gasteiger partial charge in [-0.1, -0.05) is 38.0 Å². The van der Waals surface area contributed by atoms with E-state index in [1.165, 1.54) is 35.5 Å². The number of aliphatic hydroxyl groups is 1. The van der Waals surface area contributed by atoms with E-state index in [0.717, 1.165) is 22.9 Å². The molecule has 0 fully saturated rings. The third-order valence-electron chi connectivity index (χ3n) is 5.05. The quantitative estimate of drug-likeness (QED) is 0.424. The molecule has 0 saturated heterocycles. The molecule has 1 aliphatic heterocycles. The lowest BCUT2D eigenvalue weighted by Crippen LogP contribution is -2.25. The van der Waals surface area contributed by atoms with Gasteiger partial charge < -0.3 is 19.5 Å². The third-order valence-corrected chi connectivity index (χ3v) is 7.09. The van der Waals surface area contributed by atoms with Gasteiger partial charge in [0.25, 0.3) is 0 Å². The number of benzene rings is 2. The summed E-state index contributed by atoms with van der Waals surface area (Å²) in [6, 6.07) is 14.8. The molecule has 0 aliphatic carbocycles. The van der Waals surface area contributed by atoms with Crippen LogP contribution in [0.25, 0.3) is 0 Å². The SMILES string of the molecule is CCCCC1CSc2cc(OCC(O)C=O)c(SC)cc2N(c2ccccc2)C1. The highest BCUT2D eigenvalue weighted by Gasteiger charge is 2.25. The summed E-state index contributed by atoms with van der Waals surface area (Å²) >= 11 is 3.49. The second-order valence-electron chi connectivity index (χ2n) is 7.25. The summed E-state index contributed by atoms with van der Waals surface area (Å²) in [6.45, 7) is 3.22. The molecule has 2 unspecified atom stereocenters. The molecule has 0 bridgehead atoms. The van der Waals surface area contributed by atoms with Crippen LogP contribution in [0, 0.1) is 5.92 Å². The number of aldehydes is 1. The lowest BCUT2D eigenvalue weighted by Gasteiger charge is -2.28. The van der Waals surface area contributed by atoms with Crippen molar-refractivity contribution in [3.63, 3.8) is 0 Å². The van der Waals surface area contributed by atoms with Crippen molar-refractivity contribution < 1.29 is 14.6 Å². The summed E-state index contributed by atoms with van der Waals surface area (Å²) in [6.07, 6.45) is 5.12. The van der Waals surface area contributed by atoms with Gasteiger partial charge in [0.15, 0.2) is 6.29 Å². The fourth-order valence-electron chi connectivity index (χ4n) is 3.48. The van der Waals surface area contributed by atoms with Crippen molar-refractivity contribution >= 4 is 41.2 Å². The Morgan fingerprint density at radius 2 is 2.14 bits per heavy atom. The van der Waals surface area contributed by atoms with Crippen molar-refractivity contribution in [2.75, 3.05) is 30.1 Å². The van der Waals surface area contributed by atoms with Crippen molar-refractivity contribution in [1.82, 2.24) is 0 Å². The number of hydrogen-bond acceptors (Lipinski definition) is 6. The fourth-order valence-corrected chi connectivity index (χ4v) is 5.22. The molecule has 3 rings (SSSR count). The van der Waals surface area contributed by atoms with Crippen LogP contribution < -0.4 is 9.64 Å². The van der Waals surface area contributed by atoms with Crippen molar-refractivity contribution in [3.05, 3.63) is 42.5 Å². The van der Waals surface area contributed by atoms with Gasteiger partial charge in [0, 0.05) is 22.9 Å². The molecule has 1 heterocycles. The first-order valence-corrected chi connectivity index (χ1v) is 12.3. The largest absolute Gasteiger partial charge is 0.489 e. The molecule has 2 atom stereocenters. The van der Waals surface area contributed by atoms with E-state index in [1.54, 1.807) is 11.8 Å². The molecule has 0 spiro atoms. The molecule has 6 heteroatoms. The third kappa shape index (κ3) is 5.71. The standard InChI is InChI=1S/C23H29NO3S2/c1-3-4-8-17-13-24(18-9-6-5-7-10-18)20-11-23(28-2)21(12-22(20)29-16-17)27-15-19(26)14-25/h5-7,9-12,14,17,19,26H,3-4,8,13,15-16H2,1-2H3. The van der Waals surface area contributed by atoms with E-state index >= 15 is 0 Å². The highest BCUT2D eigenvalue weighted by atomic mass is 32.2. The number of rotatable bonds is 9. The first-order valence-electron chi connectivity index (χ1n) is 10.1. The Bertz CT molecular complexity index is 800. The predicted octanol–water partition coefficient (Wildman–Crippen LogP) is 5.40. The van der Waals surface area contributed by atoms with E-state index in [2.05, 4.69) is 48.2 Å². The van der Waals surface area contributed by atoms with Gasteiger partial charge in [-0.2, -0.15) is 0 Å². The Morgan fingerprint density at radius 1 is 1.34 bits per heavy atom.